The Hall–Kier alpha value is -1.55. The maximum atomic E-state index is 11.5. The summed E-state index contributed by atoms with van der Waals surface area (Å²) < 4.78 is 0. The normalized spacial score (nSPS) is 26.6. The predicted molar refractivity (Wildman–Crippen MR) is 75.7 cm³/mol. The summed E-state index contributed by atoms with van der Waals surface area (Å²) in [5, 5.41) is 3.71. The molecule has 4 heteroatoms. The number of nitrogens with zero attached hydrogens (tertiary/aromatic N) is 1. The third kappa shape index (κ3) is 2.45. The molecule has 1 aromatic carbocycles. The zero-order valence-electron chi connectivity index (χ0n) is 11.4. The van der Waals surface area contributed by atoms with Crippen molar-refractivity contribution in [2.45, 2.75) is 37.8 Å². The van der Waals surface area contributed by atoms with E-state index >= 15 is 0 Å². The molecule has 3 rings (SSSR count). The number of hydrogen-bond acceptors (Lipinski definition) is 3. The van der Waals surface area contributed by atoms with Gasteiger partial charge in [0.25, 0.3) is 0 Å². The lowest BCUT2D eigenvalue weighted by molar-refractivity contribution is -0.132. The highest BCUT2D eigenvalue weighted by Gasteiger charge is 2.28. The number of carbonyl (C=O) groups excluding carboxylic acids is 1. The van der Waals surface area contributed by atoms with Gasteiger partial charge in [0, 0.05) is 37.8 Å². The Kier molecular flexibility index (Phi) is 3.19. The second-order valence-electron chi connectivity index (χ2n) is 5.73. The molecule has 3 N–H and O–H groups in total. The zero-order chi connectivity index (χ0) is 13.4. The van der Waals surface area contributed by atoms with Crippen LogP contribution in [0.4, 0.5) is 5.69 Å². The van der Waals surface area contributed by atoms with Crippen LogP contribution in [0.1, 0.15) is 36.4 Å². The van der Waals surface area contributed by atoms with Crippen molar-refractivity contribution in [3.8, 4) is 0 Å². The van der Waals surface area contributed by atoms with E-state index in [4.69, 9.17) is 5.73 Å². The molecule has 2 unspecified atom stereocenters. The number of nitrogens with one attached hydrogen (secondary N) is 1. The van der Waals surface area contributed by atoms with Crippen molar-refractivity contribution in [2.75, 3.05) is 19.3 Å². The number of amides is 1. The first-order chi connectivity index (χ1) is 9.13. The van der Waals surface area contributed by atoms with Crippen LogP contribution in [-0.2, 0) is 11.2 Å². The number of anilines is 1. The van der Waals surface area contributed by atoms with Crippen LogP contribution in [0.25, 0.3) is 0 Å². The quantitative estimate of drug-likeness (QED) is 0.791. The van der Waals surface area contributed by atoms with E-state index in [0.29, 0.717) is 18.5 Å². The monoisotopic (exact) mass is 259 g/mol. The Labute approximate surface area is 114 Å². The SMILES string of the molecule is CN1CC(NC2CCc3cc(N)ccc32)CCC1=O. The second kappa shape index (κ2) is 4.85. The maximum absolute atomic E-state index is 11.5. The summed E-state index contributed by atoms with van der Waals surface area (Å²) in [7, 11) is 1.89. The summed E-state index contributed by atoms with van der Waals surface area (Å²) in [6.07, 6.45) is 3.84. The van der Waals surface area contributed by atoms with Gasteiger partial charge in [0.2, 0.25) is 5.91 Å². The molecule has 0 spiro atoms. The molecule has 1 saturated heterocycles. The average molecular weight is 259 g/mol. The number of carbonyl (C=O) groups is 1. The first-order valence-electron chi connectivity index (χ1n) is 7.02. The number of nitrogens with two attached hydrogens (primary N) is 1. The Bertz CT molecular complexity index is 500. The fraction of sp³-hybridized carbons (Fsp3) is 0.533. The topological polar surface area (TPSA) is 58.4 Å². The van der Waals surface area contributed by atoms with Gasteiger partial charge >= 0.3 is 0 Å². The predicted octanol–water partition coefficient (Wildman–Crippen LogP) is 1.47. The minimum Gasteiger partial charge on any atom is -0.399 e. The van der Waals surface area contributed by atoms with Crippen molar-refractivity contribution >= 4 is 11.6 Å². The second-order valence-corrected chi connectivity index (χ2v) is 5.73. The number of hydrogen-bond donors (Lipinski definition) is 2. The number of likely N-dealkylation sites (tertiary alicyclic amines) is 1. The first-order valence-corrected chi connectivity index (χ1v) is 7.02. The minimum atomic E-state index is 0.262. The number of benzene rings is 1. The highest BCUT2D eigenvalue weighted by Crippen LogP contribution is 2.33. The van der Waals surface area contributed by atoms with Gasteiger partial charge in [0.15, 0.2) is 0 Å². The molecule has 0 aromatic heterocycles. The molecule has 2 aliphatic rings. The van der Waals surface area contributed by atoms with Crippen molar-refractivity contribution in [2.24, 2.45) is 0 Å². The van der Waals surface area contributed by atoms with E-state index in [1.807, 2.05) is 18.0 Å². The van der Waals surface area contributed by atoms with Gasteiger partial charge in [-0.2, -0.15) is 0 Å². The molecule has 2 atom stereocenters. The number of nitrogen functional groups attached to an aromatic ring is 1. The third-order valence-electron chi connectivity index (χ3n) is 4.31. The van der Waals surface area contributed by atoms with Gasteiger partial charge in [-0.15, -0.1) is 0 Å². The van der Waals surface area contributed by atoms with E-state index in [2.05, 4.69) is 17.4 Å². The third-order valence-corrected chi connectivity index (χ3v) is 4.31. The van der Waals surface area contributed by atoms with Gasteiger partial charge in [-0.05, 0) is 42.5 Å². The van der Waals surface area contributed by atoms with Crippen molar-refractivity contribution in [3.05, 3.63) is 29.3 Å². The van der Waals surface area contributed by atoms with E-state index in [1.54, 1.807) is 0 Å². The van der Waals surface area contributed by atoms with E-state index in [-0.39, 0.29) is 5.91 Å². The molecule has 1 amide bonds. The molecule has 4 nitrogen and oxygen atoms in total. The van der Waals surface area contributed by atoms with Crippen LogP contribution in [0.2, 0.25) is 0 Å². The lowest BCUT2D eigenvalue weighted by Crippen LogP contribution is -2.47. The molecule has 1 aliphatic heterocycles. The highest BCUT2D eigenvalue weighted by molar-refractivity contribution is 5.76. The van der Waals surface area contributed by atoms with Gasteiger partial charge in [-0.25, -0.2) is 0 Å². The fourth-order valence-electron chi connectivity index (χ4n) is 3.24. The van der Waals surface area contributed by atoms with Crippen molar-refractivity contribution in [1.29, 1.82) is 0 Å². The van der Waals surface area contributed by atoms with Crippen LogP contribution in [-0.4, -0.2) is 30.4 Å². The van der Waals surface area contributed by atoms with Gasteiger partial charge < -0.3 is 16.0 Å². The zero-order valence-corrected chi connectivity index (χ0v) is 11.4. The van der Waals surface area contributed by atoms with E-state index in [0.717, 1.165) is 31.5 Å². The Morgan fingerprint density at radius 1 is 1.32 bits per heavy atom. The number of likely N-dealkylation sites (N-methyl/N-ethyl adjacent to an activating group) is 1. The molecular weight excluding hydrogens is 238 g/mol. The average Bonchev–Trinajstić information content (AvgIpc) is 2.76. The molecule has 1 fully saturated rings. The van der Waals surface area contributed by atoms with E-state index < -0.39 is 0 Å². The summed E-state index contributed by atoms with van der Waals surface area (Å²) in [5.41, 5.74) is 9.43. The molecule has 0 radical (unpaired) electrons. The lowest BCUT2D eigenvalue weighted by Gasteiger charge is -2.32. The lowest BCUT2D eigenvalue weighted by atomic mass is 10.0. The van der Waals surface area contributed by atoms with Crippen LogP contribution < -0.4 is 11.1 Å². The molecule has 0 bridgehead atoms. The number of piperidine rings is 1. The van der Waals surface area contributed by atoms with Crippen LogP contribution >= 0.6 is 0 Å². The largest absolute Gasteiger partial charge is 0.399 e. The van der Waals surface area contributed by atoms with Crippen LogP contribution in [0.15, 0.2) is 18.2 Å². The van der Waals surface area contributed by atoms with Crippen LogP contribution in [0.3, 0.4) is 0 Å². The van der Waals surface area contributed by atoms with Crippen LogP contribution in [0.5, 0.6) is 0 Å². The van der Waals surface area contributed by atoms with Crippen molar-refractivity contribution in [3.63, 3.8) is 0 Å². The molecule has 102 valence electrons. The summed E-state index contributed by atoms with van der Waals surface area (Å²) in [4.78, 5) is 13.3. The standard InChI is InChI=1S/C15H21N3O/c1-18-9-12(4-7-15(18)19)17-14-6-2-10-8-11(16)3-5-13(10)14/h3,5,8,12,14,17H,2,4,6-7,9,16H2,1H3. The minimum absolute atomic E-state index is 0.262. The molecule has 1 aromatic rings. The van der Waals surface area contributed by atoms with E-state index in [1.165, 1.54) is 11.1 Å². The van der Waals surface area contributed by atoms with Crippen molar-refractivity contribution in [1.82, 2.24) is 10.2 Å². The van der Waals surface area contributed by atoms with Gasteiger partial charge in [0.05, 0.1) is 0 Å². The summed E-state index contributed by atoms with van der Waals surface area (Å²) in [6.45, 7) is 0.819. The summed E-state index contributed by atoms with van der Waals surface area (Å²) in [6, 6.07) is 7.05. The number of rotatable bonds is 2. The van der Waals surface area contributed by atoms with Crippen molar-refractivity contribution < 1.29 is 4.79 Å². The molecule has 1 heterocycles. The maximum Gasteiger partial charge on any atom is 0.222 e. The molecular formula is C15H21N3O. The molecule has 1 aliphatic carbocycles. The number of fused-ring (bicyclic) bond motifs is 1. The Balaban J connectivity index is 1.68. The first kappa shape index (κ1) is 12.5. The summed E-state index contributed by atoms with van der Waals surface area (Å²) >= 11 is 0. The highest BCUT2D eigenvalue weighted by atomic mass is 16.2. The van der Waals surface area contributed by atoms with Gasteiger partial charge in [-0.3, -0.25) is 4.79 Å². The van der Waals surface area contributed by atoms with Gasteiger partial charge in [-0.1, -0.05) is 6.07 Å². The Morgan fingerprint density at radius 2 is 2.16 bits per heavy atom. The number of aryl methyl sites for hydroxylation is 1. The summed E-state index contributed by atoms with van der Waals surface area (Å²) in [5.74, 6) is 0.262. The fourth-order valence-corrected chi connectivity index (χ4v) is 3.24. The van der Waals surface area contributed by atoms with Gasteiger partial charge in [0.1, 0.15) is 0 Å². The molecule has 0 saturated carbocycles. The Morgan fingerprint density at radius 3 is 2.95 bits per heavy atom. The smallest absolute Gasteiger partial charge is 0.222 e. The van der Waals surface area contributed by atoms with Crippen LogP contribution in [0, 0.1) is 0 Å². The molecule has 19 heavy (non-hydrogen) atoms. The van der Waals surface area contributed by atoms with E-state index in [9.17, 15) is 4.79 Å².